The number of carbonyl (C=O) groups is 2. The molecule has 1 saturated heterocycles. The van der Waals surface area contributed by atoms with Crippen LogP contribution in [0.4, 0.5) is 13.2 Å². The van der Waals surface area contributed by atoms with Gasteiger partial charge < -0.3 is 14.7 Å². The summed E-state index contributed by atoms with van der Waals surface area (Å²) in [6.45, 7) is 0.0197. The van der Waals surface area contributed by atoms with Crippen molar-refractivity contribution in [3.8, 4) is 5.75 Å². The third-order valence-corrected chi connectivity index (χ3v) is 4.41. The zero-order valence-electron chi connectivity index (χ0n) is 12.9. The van der Waals surface area contributed by atoms with Crippen molar-refractivity contribution >= 4 is 23.6 Å². The van der Waals surface area contributed by atoms with Crippen LogP contribution in [-0.2, 0) is 4.79 Å². The molecule has 11 heteroatoms. The lowest BCUT2D eigenvalue weighted by molar-refractivity contribution is -0.135. The van der Waals surface area contributed by atoms with Gasteiger partial charge in [-0.25, -0.2) is 5.48 Å². The first-order valence-corrected chi connectivity index (χ1v) is 7.86. The van der Waals surface area contributed by atoms with E-state index in [2.05, 4.69) is 0 Å². The van der Waals surface area contributed by atoms with E-state index in [0.717, 1.165) is 11.0 Å². The van der Waals surface area contributed by atoms with Crippen LogP contribution in [0.25, 0.3) is 0 Å². The highest BCUT2D eigenvalue weighted by Crippen LogP contribution is 2.42. The minimum Gasteiger partial charge on any atom is -0.496 e. The summed E-state index contributed by atoms with van der Waals surface area (Å²) in [7, 11) is 1.20. The van der Waals surface area contributed by atoms with Crippen LogP contribution in [0.2, 0.25) is 0 Å². The molecule has 7 nitrogen and oxygen atoms in total. The molecule has 1 aliphatic heterocycles. The Morgan fingerprint density at radius 3 is 2.64 bits per heavy atom. The Morgan fingerprint density at radius 2 is 2.08 bits per heavy atom. The lowest BCUT2D eigenvalue weighted by Crippen LogP contribution is -2.49. The second kappa shape index (κ2) is 7.50. The van der Waals surface area contributed by atoms with Gasteiger partial charge in [0, 0.05) is 12.1 Å². The number of hydrogen-bond acceptors (Lipinski definition) is 6. The molecular weight excluding hydrogens is 365 g/mol. The van der Waals surface area contributed by atoms with E-state index in [9.17, 15) is 27.9 Å². The molecule has 0 saturated carbocycles. The first kappa shape index (κ1) is 19.3. The molecule has 2 rings (SSSR count). The van der Waals surface area contributed by atoms with Crippen LogP contribution < -0.4 is 10.2 Å². The molecular formula is C14H15F3N2O5S. The van der Waals surface area contributed by atoms with Crippen LogP contribution in [0.1, 0.15) is 16.8 Å². The number of hydrogen-bond donors (Lipinski definition) is 3. The lowest BCUT2D eigenvalue weighted by atomic mass is 10.1. The smallest absolute Gasteiger partial charge is 0.446 e. The first-order valence-electron chi connectivity index (χ1n) is 7.04. The maximum Gasteiger partial charge on any atom is 0.446 e. The fraction of sp³-hybridized carbons (Fsp3) is 0.429. The number of thioether (sulfide) groups is 1. The standard InChI is InChI=1S/C14H15F3N2O5S/c1-24-9-3-2-7(6-10(9)25-14(15,16)17)13(22)19-5-4-8(20)11(19)12(21)18-23/h2-3,6,8,11,20,23H,4-5H2,1H3,(H,18,21). The Hall–Kier alpha value is -1.98. The SMILES string of the molecule is COc1ccc(C(=O)N2CCC(O)C2C(=O)NO)cc1SC(F)(F)F. The monoisotopic (exact) mass is 380 g/mol. The van der Waals surface area contributed by atoms with Gasteiger partial charge in [0.05, 0.1) is 18.1 Å². The van der Waals surface area contributed by atoms with E-state index in [-0.39, 0.29) is 29.2 Å². The van der Waals surface area contributed by atoms with E-state index >= 15 is 0 Å². The molecule has 25 heavy (non-hydrogen) atoms. The van der Waals surface area contributed by atoms with E-state index in [4.69, 9.17) is 9.94 Å². The van der Waals surface area contributed by atoms with E-state index in [1.54, 1.807) is 0 Å². The predicted octanol–water partition coefficient (Wildman–Crippen LogP) is 1.39. The first-order chi connectivity index (χ1) is 11.7. The van der Waals surface area contributed by atoms with Crippen molar-refractivity contribution in [2.24, 2.45) is 0 Å². The Morgan fingerprint density at radius 1 is 1.40 bits per heavy atom. The van der Waals surface area contributed by atoms with Crippen molar-refractivity contribution in [3.63, 3.8) is 0 Å². The zero-order valence-corrected chi connectivity index (χ0v) is 13.7. The molecule has 2 amide bonds. The van der Waals surface area contributed by atoms with Crippen LogP contribution in [0.5, 0.6) is 5.75 Å². The summed E-state index contributed by atoms with van der Waals surface area (Å²) < 4.78 is 42.8. The minimum absolute atomic E-state index is 0.0197. The quantitative estimate of drug-likeness (QED) is 0.415. The maximum absolute atomic E-state index is 12.7. The van der Waals surface area contributed by atoms with Crippen LogP contribution in [0, 0.1) is 0 Å². The number of alkyl halides is 3. The van der Waals surface area contributed by atoms with Crippen LogP contribution in [-0.4, -0.2) is 58.3 Å². The molecule has 2 atom stereocenters. The molecule has 2 unspecified atom stereocenters. The van der Waals surface area contributed by atoms with Crippen molar-refractivity contribution in [1.82, 2.24) is 10.4 Å². The van der Waals surface area contributed by atoms with Gasteiger partial charge in [0.1, 0.15) is 11.8 Å². The van der Waals surface area contributed by atoms with Gasteiger partial charge in [0.2, 0.25) is 0 Å². The van der Waals surface area contributed by atoms with E-state index in [0.29, 0.717) is 0 Å². The third kappa shape index (κ3) is 4.35. The summed E-state index contributed by atoms with van der Waals surface area (Å²) in [6.07, 6.45) is -1.08. The topological polar surface area (TPSA) is 99.1 Å². The molecule has 1 aromatic rings. The fourth-order valence-corrected chi connectivity index (χ4v) is 3.25. The molecule has 0 spiro atoms. The van der Waals surface area contributed by atoms with Gasteiger partial charge in [-0.2, -0.15) is 13.2 Å². The second-order valence-corrected chi connectivity index (χ2v) is 6.30. The number of nitrogens with zero attached hydrogens (tertiary/aromatic N) is 1. The summed E-state index contributed by atoms with van der Waals surface area (Å²) in [5, 5.41) is 18.5. The number of likely N-dealkylation sites (tertiary alicyclic amines) is 1. The number of hydroxylamine groups is 1. The molecule has 0 radical (unpaired) electrons. The van der Waals surface area contributed by atoms with Crippen molar-refractivity contribution in [2.45, 2.75) is 29.0 Å². The van der Waals surface area contributed by atoms with Gasteiger partial charge in [-0.15, -0.1) is 0 Å². The average Bonchev–Trinajstić information content (AvgIpc) is 2.93. The molecule has 1 aliphatic rings. The number of methoxy groups -OCH3 is 1. The number of nitrogens with one attached hydrogen (secondary N) is 1. The molecule has 0 bridgehead atoms. The van der Waals surface area contributed by atoms with Crippen molar-refractivity contribution in [2.75, 3.05) is 13.7 Å². The number of ether oxygens (including phenoxy) is 1. The third-order valence-electron chi connectivity index (χ3n) is 3.64. The van der Waals surface area contributed by atoms with Gasteiger partial charge in [0.25, 0.3) is 11.8 Å². The molecule has 0 aliphatic carbocycles. The lowest BCUT2D eigenvalue weighted by Gasteiger charge is -2.24. The fourth-order valence-electron chi connectivity index (χ4n) is 2.57. The van der Waals surface area contributed by atoms with Crippen molar-refractivity contribution in [3.05, 3.63) is 23.8 Å². The normalized spacial score (nSPS) is 20.5. The maximum atomic E-state index is 12.7. The summed E-state index contributed by atoms with van der Waals surface area (Å²) in [5.41, 5.74) is -3.30. The van der Waals surface area contributed by atoms with Gasteiger partial charge >= 0.3 is 5.51 Å². The molecule has 1 fully saturated rings. The zero-order chi connectivity index (χ0) is 18.8. The predicted molar refractivity (Wildman–Crippen MR) is 80.3 cm³/mol. The number of carbonyl (C=O) groups excluding carboxylic acids is 2. The van der Waals surface area contributed by atoms with Crippen LogP contribution in [0.3, 0.4) is 0 Å². The Kier molecular flexibility index (Phi) is 5.80. The number of halogens is 3. The van der Waals surface area contributed by atoms with E-state index in [1.807, 2.05) is 0 Å². The Balaban J connectivity index is 2.32. The highest BCUT2D eigenvalue weighted by atomic mass is 32.2. The molecule has 3 N–H and O–H groups in total. The summed E-state index contributed by atoms with van der Waals surface area (Å²) in [5.74, 6) is -1.77. The van der Waals surface area contributed by atoms with Crippen molar-refractivity contribution in [1.29, 1.82) is 0 Å². The van der Waals surface area contributed by atoms with Gasteiger partial charge in [-0.3, -0.25) is 14.8 Å². The minimum atomic E-state index is -4.57. The number of aliphatic hydroxyl groups is 1. The largest absolute Gasteiger partial charge is 0.496 e. The molecule has 0 aromatic heterocycles. The number of benzene rings is 1. The number of rotatable bonds is 4. The van der Waals surface area contributed by atoms with Gasteiger partial charge in [-0.1, -0.05) is 0 Å². The Bertz CT molecular complexity index is 670. The summed E-state index contributed by atoms with van der Waals surface area (Å²) in [6, 6.07) is 2.17. The van der Waals surface area contributed by atoms with Gasteiger partial charge in [-0.05, 0) is 36.4 Å². The average molecular weight is 380 g/mol. The number of amides is 2. The van der Waals surface area contributed by atoms with E-state index in [1.165, 1.54) is 24.7 Å². The molecule has 1 aromatic carbocycles. The second-order valence-electron chi connectivity index (χ2n) is 5.19. The highest BCUT2D eigenvalue weighted by molar-refractivity contribution is 8.00. The van der Waals surface area contributed by atoms with Gasteiger partial charge in [0.15, 0.2) is 0 Å². The Labute approximate surface area is 144 Å². The van der Waals surface area contributed by atoms with Crippen LogP contribution in [0.15, 0.2) is 23.1 Å². The summed E-state index contributed by atoms with van der Waals surface area (Å²) >= 11 is -0.426. The summed E-state index contributed by atoms with van der Waals surface area (Å²) in [4.78, 5) is 24.9. The van der Waals surface area contributed by atoms with E-state index < -0.39 is 41.2 Å². The van der Waals surface area contributed by atoms with Crippen molar-refractivity contribution < 1.29 is 37.8 Å². The molecule has 1 heterocycles. The highest BCUT2D eigenvalue weighted by Gasteiger charge is 2.41. The number of aliphatic hydroxyl groups excluding tert-OH is 1. The molecule has 138 valence electrons. The van der Waals surface area contributed by atoms with Crippen LogP contribution >= 0.6 is 11.8 Å².